The zero-order chi connectivity index (χ0) is 21.3. The molecule has 0 spiro atoms. The Balaban J connectivity index is 2.36. The molecule has 0 bridgehead atoms. The fourth-order valence-corrected chi connectivity index (χ4v) is 2.82. The summed E-state index contributed by atoms with van der Waals surface area (Å²) in [6, 6.07) is 0. The molecule has 0 saturated carbocycles. The highest BCUT2D eigenvalue weighted by molar-refractivity contribution is 5.69. The molecule has 8 heteroatoms. The molecule has 1 heterocycles. The number of hydrogen-bond donors (Lipinski definition) is 2. The summed E-state index contributed by atoms with van der Waals surface area (Å²) in [5.41, 5.74) is 0. The van der Waals surface area contributed by atoms with Gasteiger partial charge in [-0.3, -0.25) is 15.3 Å². The standard InChI is InChI=1S/C21H34O8/c1-3-4-8-11-17(26-23)14-15-19(27-24)20-16-18(28-29-20)12-9-6-5-7-10-13-21(22)25-2/h5-6,9,12,14-15,17-20,23-24H,3-4,7-8,10-11,13,16H2,1-2H3. The topological polar surface area (TPSA) is 104 Å². The molecule has 0 aromatic heterocycles. The van der Waals surface area contributed by atoms with Crippen LogP contribution in [0.1, 0.15) is 58.3 Å². The SMILES string of the molecule is CCCCCC(C=CC(OO)C1CC(C=CC=CCCCC(=O)OC)OO1)OO. The first-order valence-corrected chi connectivity index (χ1v) is 10.2. The normalized spacial score (nSPS) is 22.1. The molecular formula is C21H34O8. The molecule has 4 unspecified atom stereocenters. The van der Waals surface area contributed by atoms with Gasteiger partial charge in [0.1, 0.15) is 24.4 Å². The van der Waals surface area contributed by atoms with Crippen molar-refractivity contribution in [2.45, 2.75) is 82.7 Å². The van der Waals surface area contributed by atoms with Gasteiger partial charge in [0, 0.05) is 12.8 Å². The van der Waals surface area contributed by atoms with Crippen molar-refractivity contribution >= 4 is 5.97 Å². The Morgan fingerprint density at radius 2 is 1.97 bits per heavy atom. The van der Waals surface area contributed by atoms with Crippen molar-refractivity contribution in [1.82, 2.24) is 0 Å². The third kappa shape index (κ3) is 11.3. The van der Waals surface area contributed by atoms with E-state index in [1.54, 1.807) is 12.2 Å². The molecular weight excluding hydrogens is 380 g/mol. The van der Waals surface area contributed by atoms with E-state index in [-0.39, 0.29) is 12.1 Å². The summed E-state index contributed by atoms with van der Waals surface area (Å²) in [6.45, 7) is 2.10. The van der Waals surface area contributed by atoms with Crippen LogP contribution in [0.15, 0.2) is 36.5 Å². The van der Waals surface area contributed by atoms with Gasteiger partial charge >= 0.3 is 5.97 Å². The van der Waals surface area contributed by atoms with Crippen molar-refractivity contribution in [3.05, 3.63) is 36.5 Å². The Bertz CT molecular complexity index is 517. The summed E-state index contributed by atoms with van der Waals surface area (Å²) in [5.74, 6) is -0.205. The van der Waals surface area contributed by atoms with Crippen LogP contribution in [-0.2, 0) is 29.1 Å². The second kappa shape index (κ2) is 16.3. The van der Waals surface area contributed by atoms with Crippen LogP contribution in [0, 0.1) is 0 Å². The Labute approximate surface area is 172 Å². The Morgan fingerprint density at radius 1 is 1.14 bits per heavy atom. The summed E-state index contributed by atoms with van der Waals surface area (Å²) >= 11 is 0. The maximum absolute atomic E-state index is 11.0. The molecule has 0 aliphatic carbocycles. The van der Waals surface area contributed by atoms with Gasteiger partial charge in [-0.05, 0) is 19.3 Å². The Kier molecular flexibility index (Phi) is 14.3. The van der Waals surface area contributed by atoms with Crippen LogP contribution in [0.25, 0.3) is 0 Å². The minimum absolute atomic E-state index is 0.205. The predicted octanol–water partition coefficient (Wildman–Crippen LogP) is 4.38. The highest BCUT2D eigenvalue weighted by Crippen LogP contribution is 2.23. The van der Waals surface area contributed by atoms with Gasteiger partial charge in [-0.25, -0.2) is 19.6 Å². The van der Waals surface area contributed by atoms with E-state index in [9.17, 15) is 10.1 Å². The molecule has 4 atom stereocenters. The number of unbranched alkanes of at least 4 members (excludes halogenated alkanes) is 3. The fourth-order valence-electron chi connectivity index (χ4n) is 2.82. The van der Waals surface area contributed by atoms with Gasteiger partial charge < -0.3 is 4.74 Å². The van der Waals surface area contributed by atoms with Gasteiger partial charge in [0.15, 0.2) is 0 Å². The number of ether oxygens (including phenoxy) is 1. The lowest BCUT2D eigenvalue weighted by atomic mass is 10.0. The number of carbonyl (C=O) groups is 1. The molecule has 29 heavy (non-hydrogen) atoms. The van der Waals surface area contributed by atoms with E-state index in [4.69, 9.17) is 15.0 Å². The fraction of sp³-hybridized carbons (Fsp3) is 0.667. The maximum Gasteiger partial charge on any atom is 0.305 e. The van der Waals surface area contributed by atoms with Gasteiger partial charge in [-0.1, -0.05) is 62.6 Å². The van der Waals surface area contributed by atoms with Crippen LogP contribution < -0.4 is 0 Å². The zero-order valence-corrected chi connectivity index (χ0v) is 17.3. The van der Waals surface area contributed by atoms with Gasteiger partial charge in [-0.15, -0.1) is 0 Å². The average molecular weight is 414 g/mol. The van der Waals surface area contributed by atoms with E-state index in [0.29, 0.717) is 19.3 Å². The van der Waals surface area contributed by atoms with Crippen LogP contribution in [0.4, 0.5) is 0 Å². The number of hydrogen-bond acceptors (Lipinski definition) is 8. The zero-order valence-electron chi connectivity index (χ0n) is 17.3. The van der Waals surface area contributed by atoms with Crippen molar-refractivity contribution < 1.29 is 39.6 Å². The third-order valence-corrected chi connectivity index (χ3v) is 4.55. The molecule has 0 aromatic carbocycles. The van der Waals surface area contributed by atoms with E-state index in [1.807, 2.05) is 24.3 Å². The second-order valence-electron chi connectivity index (χ2n) is 6.88. The van der Waals surface area contributed by atoms with Crippen molar-refractivity contribution in [2.75, 3.05) is 7.11 Å². The Morgan fingerprint density at radius 3 is 2.66 bits per heavy atom. The lowest BCUT2D eigenvalue weighted by Crippen LogP contribution is -2.26. The maximum atomic E-state index is 11.0. The average Bonchev–Trinajstić information content (AvgIpc) is 3.20. The van der Waals surface area contributed by atoms with Crippen LogP contribution in [0.2, 0.25) is 0 Å². The molecule has 8 nitrogen and oxygen atoms in total. The van der Waals surface area contributed by atoms with Crippen LogP contribution in [0.5, 0.6) is 0 Å². The second-order valence-corrected chi connectivity index (χ2v) is 6.88. The van der Waals surface area contributed by atoms with Crippen molar-refractivity contribution in [1.29, 1.82) is 0 Å². The molecule has 0 amide bonds. The van der Waals surface area contributed by atoms with Crippen molar-refractivity contribution in [2.24, 2.45) is 0 Å². The molecule has 1 fully saturated rings. The van der Waals surface area contributed by atoms with Gasteiger partial charge in [0.2, 0.25) is 0 Å². The molecule has 1 aliphatic rings. The van der Waals surface area contributed by atoms with E-state index in [2.05, 4.69) is 21.4 Å². The van der Waals surface area contributed by atoms with Gasteiger partial charge in [0.25, 0.3) is 0 Å². The largest absolute Gasteiger partial charge is 0.469 e. The monoisotopic (exact) mass is 414 g/mol. The molecule has 1 aliphatic heterocycles. The summed E-state index contributed by atoms with van der Waals surface area (Å²) in [6.07, 6.45) is 15.0. The first kappa shape index (κ1) is 25.5. The van der Waals surface area contributed by atoms with Crippen LogP contribution in [-0.4, -0.2) is 48.0 Å². The lowest BCUT2D eigenvalue weighted by molar-refractivity contribution is -0.339. The van der Waals surface area contributed by atoms with E-state index in [0.717, 1.165) is 32.1 Å². The highest BCUT2D eigenvalue weighted by Gasteiger charge is 2.32. The van der Waals surface area contributed by atoms with Gasteiger partial charge in [0.05, 0.1) is 7.11 Å². The molecule has 2 N–H and O–H groups in total. The summed E-state index contributed by atoms with van der Waals surface area (Å²) in [7, 11) is 1.38. The molecule has 1 rings (SSSR count). The third-order valence-electron chi connectivity index (χ3n) is 4.55. The highest BCUT2D eigenvalue weighted by atomic mass is 17.2. The van der Waals surface area contributed by atoms with Crippen LogP contribution in [0.3, 0.4) is 0 Å². The van der Waals surface area contributed by atoms with Gasteiger partial charge in [-0.2, -0.15) is 0 Å². The number of carbonyl (C=O) groups excluding carboxylic acids is 1. The first-order valence-electron chi connectivity index (χ1n) is 10.2. The smallest absolute Gasteiger partial charge is 0.305 e. The van der Waals surface area contributed by atoms with Crippen molar-refractivity contribution in [3.63, 3.8) is 0 Å². The predicted molar refractivity (Wildman–Crippen MR) is 107 cm³/mol. The van der Waals surface area contributed by atoms with E-state index < -0.39 is 18.3 Å². The summed E-state index contributed by atoms with van der Waals surface area (Å²) in [5, 5.41) is 18.2. The first-order chi connectivity index (χ1) is 14.1. The molecule has 0 radical (unpaired) electrons. The Hall–Kier alpha value is -1.55. The van der Waals surface area contributed by atoms with Crippen molar-refractivity contribution in [3.8, 4) is 0 Å². The number of esters is 1. The summed E-state index contributed by atoms with van der Waals surface area (Å²) in [4.78, 5) is 30.4. The number of allylic oxidation sites excluding steroid dienone is 3. The number of methoxy groups -OCH3 is 1. The molecule has 0 aromatic rings. The molecule has 1 saturated heterocycles. The number of rotatable bonds is 15. The van der Waals surface area contributed by atoms with E-state index >= 15 is 0 Å². The summed E-state index contributed by atoms with van der Waals surface area (Å²) < 4.78 is 4.58. The molecule has 166 valence electrons. The minimum Gasteiger partial charge on any atom is -0.469 e. The quantitative estimate of drug-likeness (QED) is 0.102. The minimum atomic E-state index is -0.730. The van der Waals surface area contributed by atoms with Crippen LogP contribution >= 0.6 is 0 Å². The van der Waals surface area contributed by atoms with E-state index in [1.165, 1.54) is 7.11 Å². The lowest BCUT2D eigenvalue weighted by Gasteiger charge is -2.15.